The summed E-state index contributed by atoms with van der Waals surface area (Å²) in [5.74, 6) is 1.66. The highest BCUT2D eigenvalue weighted by Crippen LogP contribution is 2.51. The third kappa shape index (κ3) is 2.96. The van der Waals surface area contributed by atoms with Gasteiger partial charge in [0.05, 0.1) is 13.2 Å². The van der Waals surface area contributed by atoms with Gasteiger partial charge in [0.1, 0.15) is 0 Å². The van der Waals surface area contributed by atoms with Crippen molar-refractivity contribution in [3.05, 3.63) is 24.3 Å². The van der Waals surface area contributed by atoms with Gasteiger partial charge in [0.15, 0.2) is 11.5 Å². The maximum atomic E-state index is 6.01. The fourth-order valence-corrected chi connectivity index (χ4v) is 2.30. The smallest absolute Gasteiger partial charge is 0.161 e. The van der Waals surface area contributed by atoms with Crippen molar-refractivity contribution in [1.29, 1.82) is 0 Å². The van der Waals surface area contributed by atoms with E-state index in [-0.39, 0.29) is 6.04 Å². The van der Waals surface area contributed by atoms with Gasteiger partial charge >= 0.3 is 0 Å². The van der Waals surface area contributed by atoms with Gasteiger partial charge in [0.2, 0.25) is 0 Å². The van der Waals surface area contributed by atoms with Crippen molar-refractivity contribution in [1.82, 2.24) is 0 Å². The summed E-state index contributed by atoms with van der Waals surface area (Å²) in [6.45, 7) is 5.45. The van der Waals surface area contributed by atoms with Gasteiger partial charge in [-0.25, -0.2) is 0 Å². The van der Waals surface area contributed by atoms with Crippen LogP contribution in [-0.4, -0.2) is 19.3 Å². The number of para-hydroxylation sites is 2. The first kappa shape index (κ1) is 13.2. The molecular formula is C15H23NO2. The van der Waals surface area contributed by atoms with Gasteiger partial charge in [0.25, 0.3) is 0 Å². The monoisotopic (exact) mass is 249 g/mol. The molecule has 0 saturated heterocycles. The van der Waals surface area contributed by atoms with Crippen molar-refractivity contribution in [2.24, 2.45) is 11.1 Å². The lowest BCUT2D eigenvalue weighted by Gasteiger charge is -2.20. The molecule has 1 aromatic rings. The summed E-state index contributed by atoms with van der Waals surface area (Å²) >= 11 is 0. The Hall–Kier alpha value is -1.22. The molecule has 1 atom stereocenters. The van der Waals surface area contributed by atoms with E-state index in [1.165, 1.54) is 12.8 Å². The second-order valence-electron chi connectivity index (χ2n) is 5.13. The zero-order valence-corrected chi connectivity index (χ0v) is 11.3. The average molecular weight is 249 g/mol. The highest BCUT2D eigenvalue weighted by Gasteiger charge is 2.45. The SMILES string of the molecule is CCOc1ccccc1OCCC1(C(C)N)CC1. The Bertz CT molecular complexity index is 386. The maximum Gasteiger partial charge on any atom is 0.161 e. The van der Waals surface area contributed by atoms with E-state index in [0.717, 1.165) is 17.9 Å². The fourth-order valence-electron chi connectivity index (χ4n) is 2.30. The Morgan fingerprint density at radius 3 is 2.33 bits per heavy atom. The standard InChI is InChI=1S/C15H23NO2/c1-3-17-13-6-4-5-7-14(13)18-11-10-15(8-9-15)12(2)16/h4-7,12H,3,8-11,16H2,1-2H3. The predicted octanol–water partition coefficient (Wildman–Crippen LogP) is 2.98. The minimum Gasteiger partial charge on any atom is -0.490 e. The number of rotatable bonds is 7. The van der Waals surface area contributed by atoms with Crippen molar-refractivity contribution in [3.8, 4) is 11.5 Å². The van der Waals surface area contributed by atoms with E-state index in [2.05, 4.69) is 6.92 Å². The Kier molecular flexibility index (Phi) is 4.12. The first-order chi connectivity index (χ1) is 8.68. The molecule has 1 saturated carbocycles. The quantitative estimate of drug-likeness (QED) is 0.808. The molecule has 0 amide bonds. The number of hydrogen-bond donors (Lipinski definition) is 1. The lowest BCUT2D eigenvalue weighted by molar-refractivity contribution is 0.237. The highest BCUT2D eigenvalue weighted by molar-refractivity contribution is 5.39. The van der Waals surface area contributed by atoms with E-state index in [4.69, 9.17) is 15.2 Å². The third-order valence-corrected chi connectivity index (χ3v) is 3.86. The molecule has 0 radical (unpaired) electrons. The fraction of sp³-hybridized carbons (Fsp3) is 0.600. The average Bonchev–Trinajstić information content (AvgIpc) is 3.13. The largest absolute Gasteiger partial charge is 0.490 e. The molecule has 3 nitrogen and oxygen atoms in total. The molecule has 1 aliphatic carbocycles. The van der Waals surface area contributed by atoms with Crippen LogP contribution >= 0.6 is 0 Å². The van der Waals surface area contributed by atoms with Gasteiger partial charge in [-0.3, -0.25) is 0 Å². The zero-order valence-electron chi connectivity index (χ0n) is 11.3. The first-order valence-corrected chi connectivity index (χ1v) is 6.78. The zero-order chi connectivity index (χ0) is 13.0. The number of ether oxygens (including phenoxy) is 2. The molecular weight excluding hydrogens is 226 g/mol. The van der Waals surface area contributed by atoms with E-state index in [1.807, 2.05) is 31.2 Å². The van der Waals surface area contributed by atoms with Crippen molar-refractivity contribution in [2.45, 2.75) is 39.2 Å². The van der Waals surface area contributed by atoms with E-state index >= 15 is 0 Å². The molecule has 1 fully saturated rings. The van der Waals surface area contributed by atoms with Crippen molar-refractivity contribution < 1.29 is 9.47 Å². The molecule has 18 heavy (non-hydrogen) atoms. The minimum absolute atomic E-state index is 0.267. The molecule has 0 aliphatic heterocycles. The molecule has 1 aliphatic rings. The molecule has 2 rings (SSSR count). The van der Waals surface area contributed by atoms with Crippen LogP contribution < -0.4 is 15.2 Å². The van der Waals surface area contributed by atoms with E-state index in [0.29, 0.717) is 18.6 Å². The normalized spacial score (nSPS) is 18.2. The lowest BCUT2D eigenvalue weighted by atomic mass is 9.95. The molecule has 100 valence electrons. The molecule has 1 unspecified atom stereocenters. The Balaban J connectivity index is 1.87. The van der Waals surface area contributed by atoms with Gasteiger partial charge < -0.3 is 15.2 Å². The van der Waals surface area contributed by atoms with Gasteiger partial charge in [-0.05, 0) is 50.7 Å². The van der Waals surface area contributed by atoms with Crippen LogP contribution in [0.25, 0.3) is 0 Å². The van der Waals surface area contributed by atoms with E-state index in [9.17, 15) is 0 Å². The van der Waals surface area contributed by atoms with Crippen LogP contribution in [0, 0.1) is 5.41 Å². The Morgan fingerprint density at radius 2 is 1.83 bits per heavy atom. The third-order valence-electron chi connectivity index (χ3n) is 3.86. The van der Waals surface area contributed by atoms with Gasteiger partial charge in [-0.15, -0.1) is 0 Å². The summed E-state index contributed by atoms with van der Waals surface area (Å²) in [4.78, 5) is 0. The summed E-state index contributed by atoms with van der Waals surface area (Å²) in [5.41, 5.74) is 6.34. The van der Waals surface area contributed by atoms with Gasteiger partial charge in [-0.2, -0.15) is 0 Å². The lowest BCUT2D eigenvalue weighted by Crippen LogP contribution is -2.29. The maximum absolute atomic E-state index is 6.01. The van der Waals surface area contributed by atoms with Crippen LogP contribution in [-0.2, 0) is 0 Å². The van der Waals surface area contributed by atoms with Crippen LogP contribution in [0.3, 0.4) is 0 Å². The topological polar surface area (TPSA) is 44.5 Å². The minimum atomic E-state index is 0.267. The Morgan fingerprint density at radius 1 is 1.22 bits per heavy atom. The molecule has 0 aromatic heterocycles. The van der Waals surface area contributed by atoms with Crippen LogP contribution in [0.4, 0.5) is 0 Å². The summed E-state index contributed by atoms with van der Waals surface area (Å²) < 4.78 is 11.4. The van der Waals surface area contributed by atoms with Crippen LogP contribution in [0.2, 0.25) is 0 Å². The molecule has 1 aromatic carbocycles. The summed E-state index contributed by atoms with van der Waals surface area (Å²) in [6.07, 6.45) is 3.51. The molecule has 0 heterocycles. The molecule has 2 N–H and O–H groups in total. The first-order valence-electron chi connectivity index (χ1n) is 6.78. The van der Waals surface area contributed by atoms with E-state index in [1.54, 1.807) is 0 Å². The van der Waals surface area contributed by atoms with Gasteiger partial charge in [-0.1, -0.05) is 12.1 Å². The van der Waals surface area contributed by atoms with Crippen LogP contribution in [0.1, 0.15) is 33.1 Å². The predicted molar refractivity (Wildman–Crippen MR) is 73.0 cm³/mol. The number of benzene rings is 1. The Labute approximate surface area is 109 Å². The van der Waals surface area contributed by atoms with Crippen molar-refractivity contribution >= 4 is 0 Å². The second kappa shape index (κ2) is 5.61. The number of hydrogen-bond acceptors (Lipinski definition) is 3. The van der Waals surface area contributed by atoms with Crippen LogP contribution in [0.15, 0.2) is 24.3 Å². The van der Waals surface area contributed by atoms with Gasteiger partial charge in [0, 0.05) is 6.04 Å². The molecule has 3 heteroatoms. The van der Waals surface area contributed by atoms with Crippen LogP contribution in [0.5, 0.6) is 11.5 Å². The van der Waals surface area contributed by atoms with Crippen molar-refractivity contribution in [2.75, 3.05) is 13.2 Å². The van der Waals surface area contributed by atoms with Crippen molar-refractivity contribution in [3.63, 3.8) is 0 Å². The molecule has 0 bridgehead atoms. The highest BCUT2D eigenvalue weighted by atomic mass is 16.5. The van der Waals surface area contributed by atoms with E-state index < -0.39 is 0 Å². The summed E-state index contributed by atoms with van der Waals surface area (Å²) in [7, 11) is 0. The summed E-state index contributed by atoms with van der Waals surface area (Å²) in [5, 5.41) is 0. The summed E-state index contributed by atoms with van der Waals surface area (Å²) in [6, 6.07) is 8.09. The number of nitrogens with two attached hydrogens (primary N) is 1. The molecule has 0 spiro atoms. The second-order valence-corrected chi connectivity index (χ2v) is 5.13.